The van der Waals surface area contributed by atoms with Gasteiger partial charge in [0.15, 0.2) is 0 Å². The second kappa shape index (κ2) is 8.72. The van der Waals surface area contributed by atoms with Crippen molar-refractivity contribution in [3.8, 4) is 0 Å². The number of hydrogen-bond acceptors (Lipinski definition) is 3. The lowest BCUT2D eigenvalue weighted by atomic mass is 10.0. The summed E-state index contributed by atoms with van der Waals surface area (Å²) in [6.45, 7) is 8.73. The number of nitrogens with one attached hydrogen (secondary N) is 2. The zero-order valence-electron chi connectivity index (χ0n) is 13.0. The number of hydrogen-bond donors (Lipinski definition) is 2. The fourth-order valence-electron chi connectivity index (χ4n) is 2.28. The fourth-order valence-corrected chi connectivity index (χ4v) is 2.28. The Balaban J connectivity index is 2.76. The molecule has 0 radical (unpaired) electrons. The molecule has 2 atom stereocenters. The highest BCUT2D eigenvalue weighted by Gasteiger charge is 2.19. The van der Waals surface area contributed by atoms with Crippen molar-refractivity contribution in [2.75, 3.05) is 26.7 Å². The fraction of sp³-hybridized carbons (Fsp3) is 0.562. The third kappa shape index (κ3) is 4.62. The van der Waals surface area contributed by atoms with Gasteiger partial charge >= 0.3 is 0 Å². The van der Waals surface area contributed by atoms with E-state index in [0.717, 1.165) is 13.1 Å². The first-order valence-electron chi connectivity index (χ1n) is 7.37. The van der Waals surface area contributed by atoms with Crippen molar-refractivity contribution in [2.45, 2.75) is 32.9 Å². The summed E-state index contributed by atoms with van der Waals surface area (Å²) in [6.07, 6.45) is 0. The van der Waals surface area contributed by atoms with Crippen molar-refractivity contribution < 1.29 is 4.79 Å². The van der Waals surface area contributed by atoms with Gasteiger partial charge < -0.3 is 10.6 Å². The van der Waals surface area contributed by atoms with Crippen molar-refractivity contribution in [2.24, 2.45) is 0 Å². The molecule has 0 aromatic heterocycles. The van der Waals surface area contributed by atoms with Gasteiger partial charge in [0.2, 0.25) is 5.91 Å². The van der Waals surface area contributed by atoms with Crippen LogP contribution in [0.2, 0.25) is 0 Å². The normalized spacial score (nSPS) is 14.1. The summed E-state index contributed by atoms with van der Waals surface area (Å²) in [5, 5.41) is 6.00. The predicted molar refractivity (Wildman–Crippen MR) is 83.6 cm³/mol. The second-order valence-electron chi connectivity index (χ2n) is 4.90. The third-order valence-electron chi connectivity index (χ3n) is 3.73. The van der Waals surface area contributed by atoms with Gasteiger partial charge in [-0.25, -0.2) is 0 Å². The maximum absolute atomic E-state index is 11.9. The van der Waals surface area contributed by atoms with Crippen molar-refractivity contribution in [1.29, 1.82) is 0 Å². The van der Waals surface area contributed by atoms with Crippen LogP contribution in [0.5, 0.6) is 0 Å². The van der Waals surface area contributed by atoms with E-state index in [9.17, 15) is 4.79 Å². The number of rotatable bonds is 8. The first kappa shape index (κ1) is 16.7. The molecule has 0 bridgehead atoms. The Morgan fingerprint density at radius 1 is 1.20 bits per heavy atom. The average Bonchev–Trinajstić information content (AvgIpc) is 2.51. The predicted octanol–water partition coefficient (Wildman–Crippen LogP) is 1.79. The Kier molecular flexibility index (Phi) is 7.26. The molecule has 4 nitrogen and oxygen atoms in total. The van der Waals surface area contributed by atoms with Crippen LogP contribution in [0.3, 0.4) is 0 Å². The molecule has 2 N–H and O–H groups in total. The molecule has 1 rings (SSSR count). The topological polar surface area (TPSA) is 44.4 Å². The highest BCUT2D eigenvalue weighted by atomic mass is 16.2. The van der Waals surface area contributed by atoms with Crippen molar-refractivity contribution >= 4 is 5.91 Å². The third-order valence-corrected chi connectivity index (χ3v) is 3.73. The Bertz CT molecular complexity index is 390. The van der Waals surface area contributed by atoms with Crippen LogP contribution in [0.15, 0.2) is 30.3 Å². The first-order valence-corrected chi connectivity index (χ1v) is 7.37. The number of nitrogens with zero attached hydrogens (tertiary/aromatic N) is 1. The summed E-state index contributed by atoms with van der Waals surface area (Å²) in [4.78, 5) is 14.3. The van der Waals surface area contributed by atoms with Crippen LogP contribution in [0.25, 0.3) is 0 Å². The van der Waals surface area contributed by atoms with Gasteiger partial charge in [-0.2, -0.15) is 0 Å². The highest BCUT2D eigenvalue weighted by Crippen LogP contribution is 2.19. The number of likely N-dealkylation sites (N-methyl/N-ethyl adjacent to an activating group) is 2. The smallest absolute Gasteiger partial charge is 0.236 e. The van der Waals surface area contributed by atoms with Gasteiger partial charge in [-0.05, 0) is 32.6 Å². The largest absolute Gasteiger partial charge is 0.353 e. The molecule has 0 saturated heterocycles. The molecule has 1 aromatic rings. The molecule has 4 heteroatoms. The molecule has 0 fully saturated rings. The van der Waals surface area contributed by atoms with Gasteiger partial charge in [0, 0.05) is 6.54 Å². The van der Waals surface area contributed by atoms with Crippen LogP contribution in [-0.4, -0.2) is 43.5 Å². The summed E-state index contributed by atoms with van der Waals surface area (Å²) in [6, 6.07) is 10.4. The van der Waals surface area contributed by atoms with Crippen LogP contribution in [0.1, 0.15) is 32.4 Å². The van der Waals surface area contributed by atoms with E-state index in [-0.39, 0.29) is 18.0 Å². The summed E-state index contributed by atoms with van der Waals surface area (Å²) in [5.41, 5.74) is 1.24. The van der Waals surface area contributed by atoms with Gasteiger partial charge in [-0.3, -0.25) is 9.69 Å². The Morgan fingerprint density at radius 2 is 1.80 bits per heavy atom. The summed E-state index contributed by atoms with van der Waals surface area (Å²) in [5.74, 6) is 0.0422. The molecule has 1 aromatic carbocycles. The van der Waals surface area contributed by atoms with Gasteiger partial charge in [-0.15, -0.1) is 0 Å². The van der Waals surface area contributed by atoms with Gasteiger partial charge in [0.05, 0.1) is 12.1 Å². The second-order valence-corrected chi connectivity index (χ2v) is 4.90. The van der Waals surface area contributed by atoms with E-state index in [1.807, 2.05) is 25.1 Å². The van der Waals surface area contributed by atoms with Crippen LogP contribution in [0.4, 0.5) is 0 Å². The van der Waals surface area contributed by atoms with Gasteiger partial charge in [0.25, 0.3) is 0 Å². The van der Waals surface area contributed by atoms with E-state index in [1.165, 1.54) is 5.56 Å². The molecule has 0 aliphatic heterocycles. The number of benzene rings is 1. The standard InChI is InChI=1S/C16H27N3O/c1-5-19(6-2)15(14-10-8-7-9-11-14)12-18-16(20)13(3)17-4/h7-11,13,15,17H,5-6,12H2,1-4H3,(H,18,20). The van der Waals surface area contributed by atoms with Crippen LogP contribution < -0.4 is 10.6 Å². The molecule has 0 spiro atoms. The minimum Gasteiger partial charge on any atom is -0.353 e. The molecule has 1 amide bonds. The SMILES string of the molecule is CCN(CC)C(CNC(=O)C(C)NC)c1ccccc1. The Morgan fingerprint density at radius 3 is 2.30 bits per heavy atom. The summed E-state index contributed by atoms with van der Waals surface area (Å²) >= 11 is 0. The minimum atomic E-state index is -0.164. The van der Waals surface area contributed by atoms with E-state index in [1.54, 1.807) is 7.05 Å². The molecular formula is C16H27N3O. The lowest BCUT2D eigenvalue weighted by Gasteiger charge is -2.30. The van der Waals surface area contributed by atoms with Gasteiger partial charge in [-0.1, -0.05) is 44.2 Å². The summed E-state index contributed by atoms with van der Waals surface area (Å²) < 4.78 is 0. The van der Waals surface area contributed by atoms with Crippen molar-refractivity contribution in [1.82, 2.24) is 15.5 Å². The van der Waals surface area contributed by atoms with E-state index >= 15 is 0 Å². The lowest BCUT2D eigenvalue weighted by Crippen LogP contribution is -2.44. The van der Waals surface area contributed by atoms with E-state index < -0.39 is 0 Å². The maximum atomic E-state index is 11.9. The Labute approximate surface area is 122 Å². The molecule has 0 aliphatic carbocycles. The van der Waals surface area contributed by atoms with Gasteiger partial charge in [0.1, 0.15) is 0 Å². The average molecular weight is 277 g/mol. The first-order chi connectivity index (χ1) is 9.63. The molecule has 20 heavy (non-hydrogen) atoms. The molecule has 0 aliphatic rings. The lowest BCUT2D eigenvalue weighted by molar-refractivity contribution is -0.122. The number of carbonyl (C=O) groups excluding carboxylic acids is 1. The minimum absolute atomic E-state index is 0.0422. The van der Waals surface area contributed by atoms with Crippen molar-refractivity contribution in [3.05, 3.63) is 35.9 Å². The number of amides is 1. The zero-order valence-corrected chi connectivity index (χ0v) is 13.0. The molecule has 112 valence electrons. The maximum Gasteiger partial charge on any atom is 0.236 e. The van der Waals surface area contributed by atoms with Crippen molar-refractivity contribution in [3.63, 3.8) is 0 Å². The molecule has 0 saturated carbocycles. The molecule has 2 unspecified atom stereocenters. The monoisotopic (exact) mass is 277 g/mol. The quantitative estimate of drug-likeness (QED) is 0.761. The van der Waals surface area contributed by atoms with Crippen LogP contribution in [0, 0.1) is 0 Å². The summed E-state index contributed by atoms with van der Waals surface area (Å²) in [7, 11) is 1.79. The molecular weight excluding hydrogens is 250 g/mol. The highest BCUT2D eigenvalue weighted by molar-refractivity contribution is 5.81. The molecule has 0 heterocycles. The van der Waals surface area contributed by atoms with Crippen LogP contribution >= 0.6 is 0 Å². The van der Waals surface area contributed by atoms with Crippen LogP contribution in [-0.2, 0) is 4.79 Å². The van der Waals surface area contributed by atoms with E-state index in [0.29, 0.717) is 6.54 Å². The number of carbonyl (C=O) groups is 1. The van der Waals surface area contributed by atoms with E-state index in [4.69, 9.17) is 0 Å². The Hall–Kier alpha value is -1.39. The zero-order chi connectivity index (χ0) is 15.0. The van der Waals surface area contributed by atoms with E-state index in [2.05, 4.69) is 41.5 Å².